The van der Waals surface area contributed by atoms with Crippen LogP contribution in [0.5, 0.6) is 0 Å². The topological polar surface area (TPSA) is 45.4 Å². The zero-order valence-electron chi connectivity index (χ0n) is 14.2. The lowest BCUT2D eigenvalue weighted by Gasteiger charge is -2.33. The molecule has 1 aliphatic rings. The van der Waals surface area contributed by atoms with Crippen LogP contribution in [0.2, 0.25) is 0 Å². The van der Waals surface area contributed by atoms with Crippen molar-refractivity contribution in [3.05, 3.63) is 47.1 Å². The highest BCUT2D eigenvalue weighted by Gasteiger charge is 2.19. The molecule has 0 aliphatic carbocycles. The molecule has 1 aromatic heterocycles. The second-order valence-corrected chi connectivity index (χ2v) is 6.40. The van der Waals surface area contributed by atoms with Gasteiger partial charge in [-0.3, -0.25) is 9.80 Å². The third kappa shape index (κ3) is 4.62. The Hall–Kier alpha value is -1.72. The minimum Gasteiger partial charge on any atom is -0.338 e. The molecule has 0 unspecified atom stereocenters. The Morgan fingerprint density at radius 1 is 1.09 bits per heavy atom. The van der Waals surface area contributed by atoms with Crippen LogP contribution in [0.4, 0.5) is 0 Å². The molecule has 124 valence electrons. The SMILES string of the molecule is CCCc1noc(CN2CCN(Cc3cccc(C)c3)CC2)n1. The third-order valence-corrected chi connectivity index (χ3v) is 4.30. The van der Waals surface area contributed by atoms with E-state index < -0.39 is 0 Å². The van der Waals surface area contributed by atoms with E-state index in [-0.39, 0.29) is 0 Å². The van der Waals surface area contributed by atoms with Crippen molar-refractivity contribution in [2.45, 2.75) is 39.8 Å². The fourth-order valence-electron chi connectivity index (χ4n) is 3.05. The zero-order valence-corrected chi connectivity index (χ0v) is 14.2. The summed E-state index contributed by atoms with van der Waals surface area (Å²) in [4.78, 5) is 9.37. The number of aromatic nitrogens is 2. The average molecular weight is 314 g/mol. The van der Waals surface area contributed by atoms with E-state index in [2.05, 4.69) is 58.1 Å². The Morgan fingerprint density at radius 3 is 2.52 bits per heavy atom. The Bertz CT molecular complexity index is 617. The molecule has 2 aromatic rings. The van der Waals surface area contributed by atoms with Gasteiger partial charge >= 0.3 is 0 Å². The number of aryl methyl sites for hydroxylation is 2. The molecule has 0 saturated carbocycles. The van der Waals surface area contributed by atoms with Crippen LogP contribution >= 0.6 is 0 Å². The molecule has 5 nitrogen and oxygen atoms in total. The summed E-state index contributed by atoms with van der Waals surface area (Å²) in [6, 6.07) is 8.79. The van der Waals surface area contributed by atoms with E-state index >= 15 is 0 Å². The quantitative estimate of drug-likeness (QED) is 0.820. The smallest absolute Gasteiger partial charge is 0.240 e. The fourth-order valence-corrected chi connectivity index (χ4v) is 3.05. The highest BCUT2D eigenvalue weighted by atomic mass is 16.5. The molecule has 1 aliphatic heterocycles. The molecule has 0 spiro atoms. The molecule has 0 amide bonds. The lowest BCUT2D eigenvalue weighted by molar-refractivity contribution is 0.112. The van der Waals surface area contributed by atoms with Gasteiger partial charge in [0.1, 0.15) is 0 Å². The van der Waals surface area contributed by atoms with Crippen LogP contribution in [0.1, 0.15) is 36.2 Å². The van der Waals surface area contributed by atoms with Crippen molar-refractivity contribution in [2.24, 2.45) is 0 Å². The molecule has 0 N–H and O–H groups in total. The van der Waals surface area contributed by atoms with Crippen LogP contribution in [0.25, 0.3) is 0 Å². The second kappa shape index (κ2) is 7.70. The Kier molecular flexibility index (Phi) is 5.41. The van der Waals surface area contributed by atoms with Crippen molar-refractivity contribution < 1.29 is 4.52 Å². The molecule has 0 radical (unpaired) electrons. The third-order valence-electron chi connectivity index (χ3n) is 4.30. The predicted octanol–water partition coefficient (Wildman–Crippen LogP) is 2.65. The van der Waals surface area contributed by atoms with Gasteiger partial charge in [-0.2, -0.15) is 4.98 Å². The van der Waals surface area contributed by atoms with E-state index in [0.29, 0.717) is 0 Å². The molecule has 1 saturated heterocycles. The first kappa shape index (κ1) is 16.1. The number of hydrogen-bond acceptors (Lipinski definition) is 5. The van der Waals surface area contributed by atoms with Crippen LogP contribution in [0.15, 0.2) is 28.8 Å². The van der Waals surface area contributed by atoms with Crippen molar-refractivity contribution >= 4 is 0 Å². The highest BCUT2D eigenvalue weighted by molar-refractivity contribution is 5.22. The number of benzene rings is 1. The first-order valence-corrected chi connectivity index (χ1v) is 8.54. The standard InChI is InChI=1S/C18H26N4O/c1-3-5-17-19-18(23-20-17)14-22-10-8-21(9-11-22)13-16-7-4-6-15(2)12-16/h4,6-7,12H,3,5,8-11,13-14H2,1-2H3. The summed E-state index contributed by atoms with van der Waals surface area (Å²) >= 11 is 0. The van der Waals surface area contributed by atoms with Gasteiger partial charge in [0.15, 0.2) is 5.82 Å². The van der Waals surface area contributed by atoms with Gasteiger partial charge in [0.05, 0.1) is 6.54 Å². The van der Waals surface area contributed by atoms with Crippen molar-refractivity contribution in [1.82, 2.24) is 19.9 Å². The Balaban J connectivity index is 1.46. The van der Waals surface area contributed by atoms with Crippen LogP contribution in [0, 0.1) is 6.92 Å². The monoisotopic (exact) mass is 314 g/mol. The average Bonchev–Trinajstić information content (AvgIpc) is 2.97. The number of nitrogens with zero attached hydrogens (tertiary/aromatic N) is 4. The van der Waals surface area contributed by atoms with Gasteiger partial charge < -0.3 is 4.52 Å². The molecule has 23 heavy (non-hydrogen) atoms. The minimum atomic E-state index is 0.751. The lowest BCUT2D eigenvalue weighted by atomic mass is 10.1. The lowest BCUT2D eigenvalue weighted by Crippen LogP contribution is -2.45. The van der Waals surface area contributed by atoms with Crippen molar-refractivity contribution in [3.63, 3.8) is 0 Å². The highest BCUT2D eigenvalue weighted by Crippen LogP contribution is 2.12. The van der Waals surface area contributed by atoms with E-state index in [1.54, 1.807) is 0 Å². The predicted molar refractivity (Wildman–Crippen MR) is 90.0 cm³/mol. The molecule has 1 aromatic carbocycles. The molecule has 5 heteroatoms. The van der Waals surface area contributed by atoms with Crippen LogP contribution in [0.3, 0.4) is 0 Å². The van der Waals surface area contributed by atoms with E-state index in [1.165, 1.54) is 11.1 Å². The minimum absolute atomic E-state index is 0.751. The van der Waals surface area contributed by atoms with Gasteiger partial charge in [-0.15, -0.1) is 0 Å². The van der Waals surface area contributed by atoms with Crippen LogP contribution in [-0.2, 0) is 19.5 Å². The Morgan fingerprint density at radius 2 is 1.83 bits per heavy atom. The maximum Gasteiger partial charge on any atom is 0.240 e. The molecule has 1 fully saturated rings. The molecule has 3 rings (SSSR count). The van der Waals surface area contributed by atoms with Gasteiger partial charge in [0.2, 0.25) is 5.89 Å². The van der Waals surface area contributed by atoms with Gasteiger partial charge in [-0.1, -0.05) is 41.9 Å². The summed E-state index contributed by atoms with van der Waals surface area (Å²) in [7, 11) is 0. The molecule has 0 bridgehead atoms. The number of piperazine rings is 1. The van der Waals surface area contributed by atoms with Crippen LogP contribution < -0.4 is 0 Å². The first-order valence-electron chi connectivity index (χ1n) is 8.54. The fraction of sp³-hybridized carbons (Fsp3) is 0.556. The summed E-state index contributed by atoms with van der Waals surface area (Å²) in [6.07, 6.45) is 1.95. The second-order valence-electron chi connectivity index (χ2n) is 6.40. The van der Waals surface area contributed by atoms with Gasteiger partial charge in [-0.25, -0.2) is 0 Å². The summed E-state index contributed by atoms with van der Waals surface area (Å²) in [5.74, 6) is 1.58. The van der Waals surface area contributed by atoms with E-state index in [0.717, 1.165) is 63.8 Å². The van der Waals surface area contributed by atoms with Gasteiger partial charge in [-0.05, 0) is 18.9 Å². The summed E-state index contributed by atoms with van der Waals surface area (Å²) in [5.41, 5.74) is 2.74. The Labute approximate surface area is 138 Å². The largest absolute Gasteiger partial charge is 0.338 e. The van der Waals surface area contributed by atoms with Crippen molar-refractivity contribution in [3.8, 4) is 0 Å². The van der Waals surface area contributed by atoms with Gasteiger partial charge in [0.25, 0.3) is 0 Å². The molecular weight excluding hydrogens is 288 g/mol. The first-order chi connectivity index (χ1) is 11.2. The maximum atomic E-state index is 5.34. The van der Waals surface area contributed by atoms with E-state index in [1.807, 2.05) is 0 Å². The van der Waals surface area contributed by atoms with E-state index in [4.69, 9.17) is 4.52 Å². The van der Waals surface area contributed by atoms with Gasteiger partial charge in [0, 0.05) is 39.1 Å². The molecular formula is C18H26N4O. The summed E-state index contributed by atoms with van der Waals surface area (Å²) in [6.45, 7) is 10.4. The van der Waals surface area contributed by atoms with Crippen molar-refractivity contribution in [1.29, 1.82) is 0 Å². The zero-order chi connectivity index (χ0) is 16.1. The molecule has 2 heterocycles. The van der Waals surface area contributed by atoms with Crippen LogP contribution in [-0.4, -0.2) is 46.1 Å². The van der Waals surface area contributed by atoms with Crippen molar-refractivity contribution in [2.75, 3.05) is 26.2 Å². The molecule has 0 atom stereocenters. The summed E-state index contributed by atoms with van der Waals surface area (Å²) in [5, 5.41) is 4.03. The number of hydrogen-bond donors (Lipinski definition) is 0. The number of rotatable bonds is 6. The van der Waals surface area contributed by atoms with E-state index in [9.17, 15) is 0 Å². The summed E-state index contributed by atoms with van der Waals surface area (Å²) < 4.78 is 5.34. The maximum absolute atomic E-state index is 5.34. The normalized spacial score (nSPS) is 16.8.